The second-order valence-corrected chi connectivity index (χ2v) is 6.13. The maximum atomic E-state index is 12.0. The van der Waals surface area contributed by atoms with Gasteiger partial charge in [-0.1, -0.05) is 26.2 Å². The molecule has 0 aliphatic rings. The van der Waals surface area contributed by atoms with Crippen molar-refractivity contribution in [2.75, 3.05) is 13.6 Å². The molecule has 5 N–H and O–H groups in total. The second-order valence-electron chi connectivity index (χ2n) is 6.13. The largest absolute Gasteiger partial charge is 0.368 e. The Morgan fingerprint density at radius 2 is 1.56 bits per heavy atom. The minimum atomic E-state index is -0.827. The van der Waals surface area contributed by atoms with Gasteiger partial charge in [0.1, 0.15) is 12.1 Å². The highest BCUT2D eigenvalue weighted by Gasteiger charge is 2.21. The van der Waals surface area contributed by atoms with E-state index < -0.39 is 29.8 Å². The van der Waals surface area contributed by atoms with Crippen LogP contribution in [0.5, 0.6) is 0 Å². The van der Waals surface area contributed by atoms with Gasteiger partial charge in [0.2, 0.25) is 17.7 Å². The molecule has 0 bridgehead atoms. The molecule has 0 saturated heterocycles. The Balaban J connectivity index is 4.21. The number of hydrazine groups is 1. The molecule has 1 unspecified atom stereocenters. The average molecular weight is 357 g/mol. The van der Waals surface area contributed by atoms with Crippen LogP contribution in [-0.4, -0.2) is 54.3 Å². The topological polar surface area (TPSA) is 134 Å². The number of hydrogen-bond acceptors (Lipinski definition) is 5. The lowest BCUT2D eigenvalue weighted by Gasteiger charge is -2.21. The Hall–Kier alpha value is -2.16. The standard InChI is InChI=1S/C16H31N5O4/c1-5-6-7-8-9-14(23)18-11(2)15(24)19-12(3)16(25)20-21(4)10-13(17)22/h11-12H,5-10H2,1-4H3,(H2,17,22)(H,18,23)(H,19,24)(H,20,25)/t11?,12-/m0/s1. The van der Waals surface area contributed by atoms with E-state index in [1.54, 1.807) is 6.92 Å². The SMILES string of the molecule is CCCCCCC(=O)NC(C)C(=O)N[C@@H](C)C(=O)NN(C)CC(N)=O. The van der Waals surface area contributed by atoms with Gasteiger partial charge in [0, 0.05) is 13.5 Å². The number of carbonyl (C=O) groups is 4. The van der Waals surface area contributed by atoms with Crippen molar-refractivity contribution in [3.63, 3.8) is 0 Å². The van der Waals surface area contributed by atoms with Gasteiger partial charge in [0.05, 0.1) is 6.54 Å². The molecule has 0 aromatic carbocycles. The number of carbonyl (C=O) groups excluding carboxylic acids is 4. The molecular formula is C16H31N5O4. The number of likely N-dealkylation sites (N-methyl/N-ethyl adjacent to an activating group) is 1. The molecular weight excluding hydrogens is 326 g/mol. The van der Waals surface area contributed by atoms with Gasteiger partial charge in [-0.05, 0) is 20.3 Å². The van der Waals surface area contributed by atoms with Crippen molar-refractivity contribution in [1.82, 2.24) is 21.1 Å². The predicted octanol–water partition coefficient (Wildman–Crippen LogP) is -0.585. The predicted molar refractivity (Wildman–Crippen MR) is 93.9 cm³/mol. The summed E-state index contributed by atoms with van der Waals surface area (Å²) in [6.45, 7) is 5.01. The normalized spacial score (nSPS) is 13.0. The molecule has 0 saturated carbocycles. The Labute approximate surface area is 149 Å². The second kappa shape index (κ2) is 12.2. The number of amides is 4. The minimum Gasteiger partial charge on any atom is -0.368 e. The fraction of sp³-hybridized carbons (Fsp3) is 0.750. The highest BCUT2D eigenvalue weighted by molar-refractivity contribution is 5.91. The summed E-state index contributed by atoms with van der Waals surface area (Å²) in [5, 5.41) is 6.36. The van der Waals surface area contributed by atoms with Crippen LogP contribution in [0.4, 0.5) is 0 Å². The third-order valence-corrected chi connectivity index (χ3v) is 3.47. The first-order valence-electron chi connectivity index (χ1n) is 8.57. The molecule has 4 amide bonds. The van der Waals surface area contributed by atoms with Crippen molar-refractivity contribution in [3.8, 4) is 0 Å². The van der Waals surface area contributed by atoms with E-state index in [4.69, 9.17) is 5.73 Å². The number of unbranched alkanes of at least 4 members (excludes halogenated alkanes) is 3. The van der Waals surface area contributed by atoms with Crippen LogP contribution in [0, 0.1) is 0 Å². The van der Waals surface area contributed by atoms with E-state index >= 15 is 0 Å². The maximum Gasteiger partial charge on any atom is 0.256 e. The number of rotatable bonds is 12. The van der Waals surface area contributed by atoms with E-state index in [1.807, 2.05) is 0 Å². The molecule has 0 aliphatic carbocycles. The van der Waals surface area contributed by atoms with Gasteiger partial charge in [-0.15, -0.1) is 0 Å². The first-order chi connectivity index (χ1) is 11.7. The third kappa shape index (κ3) is 11.1. The van der Waals surface area contributed by atoms with Gasteiger partial charge in [-0.25, -0.2) is 5.01 Å². The fourth-order valence-electron chi connectivity index (χ4n) is 2.05. The Kier molecular flexibility index (Phi) is 11.2. The van der Waals surface area contributed by atoms with Crippen molar-refractivity contribution in [1.29, 1.82) is 0 Å². The van der Waals surface area contributed by atoms with Crippen LogP contribution < -0.4 is 21.8 Å². The van der Waals surface area contributed by atoms with Gasteiger partial charge in [-0.3, -0.25) is 24.6 Å². The summed E-state index contributed by atoms with van der Waals surface area (Å²) in [6, 6.07) is -1.57. The van der Waals surface area contributed by atoms with E-state index in [-0.39, 0.29) is 12.5 Å². The lowest BCUT2D eigenvalue weighted by Crippen LogP contribution is -2.54. The zero-order valence-corrected chi connectivity index (χ0v) is 15.6. The number of hydrogen-bond donors (Lipinski definition) is 4. The number of nitrogens with one attached hydrogen (secondary N) is 3. The van der Waals surface area contributed by atoms with E-state index in [1.165, 1.54) is 19.0 Å². The van der Waals surface area contributed by atoms with Gasteiger partial charge in [0.25, 0.3) is 5.91 Å². The van der Waals surface area contributed by atoms with Crippen LogP contribution in [0.1, 0.15) is 52.9 Å². The summed E-state index contributed by atoms with van der Waals surface area (Å²) in [5.74, 6) is -1.72. The fourth-order valence-corrected chi connectivity index (χ4v) is 2.05. The molecule has 0 aliphatic heterocycles. The summed E-state index contributed by atoms with van der Waals surface area (Å²) < 4.78 is 0. The molecule has 0 spiro atoms. The molecule has 144 valence electrons. The highest BCUT2D eigenvalue weighted by atomic mass is 16.2. The van der Waals surface area contributed by atoms with Gasteiger partial charge < -0.3 is 16.4 Å². The first kappa shape index (κ1) is 22.8. The molecule has 0 aromatic rings. The Morgan fingerprint density at radius 3 is 2.12 bits per heavy atom. The first-order valence-corrected chi connectivity index (χ1v) is 8.57. The summed E-state index contributed by atoms with van der Waals surface area (Å²) >= 11 is 0. The molecule has 0 fully saturated rings. The average Bonchev–Trinajstić information content (AvgIpc) is 2.50. The van der Waals surface area contributed by atoms with E-state index in [2.05, 4.69) is 23.0 Å². The highest BCUT2D eigenvalue weighted by Crippen LogP contribution is 2.02. The molecule has 0 rings (SSSR count). The molecule has 25 heavy (non-hydrogen) atoms. The minimum absolute atomic E-state index is 0.142. The van der Waals surface area contributed by atoms with Gasteiger partial charge >= 0.3 is 0 Å². The van der Waals surface area contributed by atoms with Crippen LogP contribution >= 0.6 is 0 Å². The van der Waals surface area contributed by atoms with Gasteiger partial charge in [-0.2, -0.15) is 0 Å². The number of primary amides is 1. The van der Waals surface area contributed by atoms with Crippen LogP contribution in [0.25, 0.3) is 0 Å². The monoisotopic (exact) mass is 357 g/mol. The lowest BCUT2D eigenvalue weighted by molar-refractivity contribution is -0.133. The van der Waals surface area contributed by atoms with Crippen LogP contribution in [0.15, 0.2) is 0 Å². The van der Waals surface area contributed by atoms with Crippen molar-refractivity contribution in [2.45, 2.75) is 65.0 Å². The van der Waals surface area contributed by atoms with E-state index in [9.17, 15) is 19.2 Å². The van der Waals surface area contributed by atoms with E-state index in [0.717, 1.165) is 25.7 Å². The molecule has 0 heterocycles. The quantitative estimate of drug-likeness (QED) is 0.274. The lowest BCUT2D eigenvalue weighted by atomic mass is 10.1. The third-order valence-electron chi connectivity index (χ3n) is 3.47. The van der Waals surface area contributed by atoms with Crippen molar-refractivity contribution in [2.24, 2.45) is 5.73 Å². The van der Waals surface area contributed by atoms with Crippen molar-refractivity contribution < 1.29 is 19.2 Å². The zero-order chi connectivity index (χ0) is 19.4. The Morgan fingerprint density at radius 1 is 0.960 bits per heavy atom. The number of nitrogens with two attached hydrogens (primary N) is 1. The number of nitrogens with zero attached hydrogens (tertiary/aromatic N) is 1. The molecule has 9 nitrogen and oxygen atoms in total. The smallest absolute Gasteiger partial charge is 0.256 e. The van der Waals surface area contributed by atoms with Gasteiger partial charge in [0.15, 0.2) is 0 Å². The zero-order valence-electron chi connectivity index (χ0n) is 15.6. The van der Waals surface area contributed by atoms with Crippen LogP contribution in [0.2, 0.25) is 0 Å². The summed E-state index contributed by atoms with van der Waals surface area (Å²) in [7, 11) is 1.48. The molecule has 0 aromatic heterocycles. The molecule has 9 heteroatoms. The Bertz CT molecular complexity index is 469. The van der Waals surface area contributed by atoms with Crippen LogP contribution in [0.3, 0.4) is 0 Å². The summed E-state index contributed by atoms with van der Waals surface area (Å²) in [6.07, 6.45) is 4.33. The molecule has 0 radical (unpaired) electrons. The van der Waals surface area contributed by atoms with Crippen molar-refractivity contribution >= 4 is 23.6 Å². The van der Waals surface area contributed by atoms with Crippen LogP contribution in [-0.2, 0) is 19.2 Å². The van der Waals surface area contributed by atoms with E-state index in [0.29, 0.717) is 6.42 Å². The summed E-state index contributed by atoms with van der Waals surface area (Å²) in [5.41, 5.74) is 7.45. The molecule has 2 atom stereocenters. The maximum absolute atomic E-state index is 12.0. The van der Waals surface area contributed by atoms with Crippen molar-refractivity contribution in [3.05, 3.63) is 0 Å². The summed E-state index contributed by atoms with van der Waals surface area (Å²) in [4.78, 5) is 46.5.